The molecule has 2 rings (SSSR count). The first-order chi connectivity index (χ1) is 9.61. The minimum Gasteiger partial charge on any atom is -0.434 e. The molecule has 1 heterocycles. The molecule has 0 amide bonds. The van der Waals surface area contributed by atoms with Crippen LogP contribution in [0.4, 0.5) is 8.78 Å². The molecule has 108 valence electrons. The molecule has 2 aromatic rings. The normalized spacial score (nSPS) is 12.7. The Morgan fingerprint density at radius 3 is 2.60 bits per heavy atom. The van der Waals surface area contributed by atoms with Crippen LogP contribution in [0.25, 0.3) is 0 Å². The van der Waals surface area contributed by atoms with E-state index < -0.39 is 6.61 Å². The standard InChI is InChI=1S/C14H14ClF2NOS/c1-2-18-13(11-7-8-12(15)20-11)9-5-3-4-6-10(9)19-14(16)17/h3-8,13-14,18H,2H2,1H3. The number of halogens is 3. The summed E-state index contributed by atoms with van der Waals surface area (Å²) in [5.41, 5.74) is 0.674. The number of thiophene rings is 1. The van der Waals surface area contributed by atoms with Crippen molar-refractivity contribution in [1.29, 1.82) is 0 Å². The molecule has 0 aliphatic heterocycles. The van der Waals surface area contributed by atoms with Crippen molar-refractivity contribution in [2.75, 3.05) is 6.54 Å². The Balaban J connectivity index is 2.38. The minimum atomic E-state index is -2.84. The summed E-state index contributed by atoms with van der Waals surface area (Å²) in [6, 6.07) is 10.3. The number of benzene rings is 1. The zero-order valence-electron chi connectivity index (χ0n) is 10.8. The van der Waals surface area contributed by atoms with E-state index in [9.17, 15) is 8.78 Å². The fourth-order valence-corrected chi connectivity index (χ4v) is 3.13. The lowest BCUT2D eigenvalue weighted by atomic mass is 10.0. The molecule has 0 radical (unpaired) electrons. The van der Waals surface area contributed by atoms with Crippen LogP contribution in [-0.2, 0) is 0 Å². The van der Waals surface area contributed by atoms with E-state index in [-0.39, 0.29) is 11.8 Å². The first-order valence-corrected chi connectivity index (χ1v) is 7.33. The third-order valence-electron chi connectivity index (χ3n) is 2.73. The van der Waals surface area contributed by atoms with Gasteiger partial charge in [-0.25, -0.2) is 0 Å². The molecular formula is C14H14ClF2NOS. The molecule has 6 heteroatoms. The highest BCUT2D eigenvalue weighted by Crippen LogP contribution is 2.35. The molecular weight excluding hydrogens is 304 g/mol. The van der Waals surface area contributed by atoms with Gasteiger partial charge in [0.25, 0.3) is 0 Å². The summed E-state index contributed by atoms with van der Waals surface area (Å²) in [4.78, 5) is 0.960. The molecule has 0 bridgehead atoms. The van der Waals surface area contributed by atoms with Crippen LogP contribution in [0.1, 0.15) is 23.4 Å². The van der Waals surface area contributed by atoms with Crippen molar-refractivity contribution in [2.45, 2.75) is 19.6 Å². The van der Waals surface area contributed by atoms with E-state index in [0.29, 0.717) is 16.4 Å². The lowest BCUT2D eigenvalue weighted by Gasteiger charge is -2.20. The minimum absolute atomic E-state index is 0.179. The Morgan fingerprint density at radius 2 is 2.00 bits per heavy atom. The molecule has 0 aliphatic rings. The Hall–Kier alpha value is -1.17. The molecule has 0 fully saturated rings. The van der Waals surface area contributed by atoms with Crippen molar-refractivity contribution in [3.63, 3.8) is 0 Å². The van der Waals surface area contributed by atoms with Crippen molar-refractivity contribution in [3.05, 3.63) is 51.2 Å². The second-order valence-corrected chi connectivity index (χ2v) is 5.80. The number of ether oxygens (including phenoxy) is 1. The van der Waals surface area contributed by atoms with Crippen molar-refractivity contribution in [3.8, 4) is 5.75 Å². The molecule has 2 nitrogen and oxygen atoms in total. The maximum absolute atomic E-state index is 12.5. The van der Waals surface area contributed by atoms with E-state index in [2.05, 4.69) is 10.1 Å². The molecule has 0 saturated carbocycles. The Bertz CT molecular complexity index is 562. The highest BCUT2D eigenvalue weighted by Gasteiger charge is 2.20. The van der Waals surface area contributed by atoms with E-state index in [4.69, 9.17) is 11.6 Å². The summed E-state index contributed by atoms with van der Waals surface area (Å²) in [6.45, 7) is -0.188. The van der Waals surface area contributed by atoms with Crippen LogP contribution in [0.2, 0.25) is 4.34 Å². The van der Waals surface area contributed by atoms with Gasteiger partial charge in [0.1, 0.15) is 5.75 Å². The molecule has 1 atom stereocenters. The van der Waals surface area contributed by atoms with Gasteiger partial charge in [-0.05, 0) is 24.7 Å². The van der Waals surface area contributed by atoms with E-state index in [1.165, 1.54) is 11.3 Å². The van der Waals surface area contributed by atoms with Gasteiger partial charge >= 0.3 is 6.61 Å². The number of hydrogen-bond acceptors (Lipinski definition) is 3. The number of nitrogens with one attached hydrogen (secondary N) is 1. The van der Waals surface area contributed by atoms with E-state index in [1.807, 2.05) is 13.0 Å². The van der Waals surface area contributed by atoms with E-state index >= 15 is 0 Å². The fraction of sp³-hybridized carbons (Fsp3) is 0.286. The quantitative estimate of drug-likeness (QED) is 0.833. The number of rotatable bonds is 6. The third-order valence-corrected chi connectivity index (χ3v) is 4.03. The van der Waals surface area contributed by atoms with Gasteiger partial charge in [-0.1, -0.05) is 36.7 Å². The van der Waals surface area contributed by atoms with Crippen LogP contribution in [0.15, 0.2) is 36.4 Å². The number of hydrogen-bond donors (Lipinski definition) is 1. The molecule has 0 spiro atoms. The predicted molar refractivity (Wildman–Crippen MR) is 77.9 cm³/mol. The highest BCUT2D eigenvalue weighted by molar-refractivity contribution is 7.16. The molecule has 1 aromatic heterocycles. The summed E-state index contributed by atoms with van der Waals surface area (Å²) in [5, 5.41) is 3.27. The second kappa shape index (κ2) is 7.02. The van der Waals surface area contributed by atoms with Gasteiger partial charge in [0.2, 0.25) is 0 Å². The fourth-order valence-electron chi connectivity index (χ4n) is 1.97. The maximum atomic E-state index is 12.5. The van der Waals surface area contributed by atoms with Crippen molar-refractivity contribution in [2.24, 2.45) is 0 Å². The average Bonchev–Trinajstić information content (AvgIpc) is 2.83. The number of para-hydroxylation sites is 1. The first kappa shape index (κ1) is 15.2. The van der Waals surface area contributed by atoms with Crippen LogP contribution < -0.4 is 10.1 Å². The van der Waals surface area contributed by atoms with Crippen LogP contribution in [0.3, 0.4) is 0 Å². The maximum Gasteiger partial charge on any atom is 0.387 e. The monoisotopic (exact) mass is 317 g/mol. The second-order valence-electron chi connectivity index (χ2n) is 4.05. The lowest BCUT2D eigenvalue weighted by molar-refractivity contribution is -0.0506. The largest absolute Gasteiger partial charge is 0.434 e. The van der Waals surface area contributed by atoms with Crippen LogP contribution in [0, 0.1) is 0 Å². The summed E-state index contributed by atoms with van der Waals surface area (Å²) >= 11 is 7.37. The summed E-state index contributed by atoms with van der Waals surface area (Å²) in [5.74, 6) is 0.179. The smallest absolute Gasteiger partial charge is 0.387 e. The third kappa shape index (κ3) is 3.69. The average molecular weight is 318 g/mol. The first-order valence-electron chi connectivity index (χ1n) is 6.14. The molecule has 0 saturated heterocycles. The van der Waals surface area contributed by atoms with Gasteiger partial charge < -0.3 is 10.1 Å². The Morgan fingerprint density at radius 1 is 1.25 bits per heavy atom. The lowest BCUT2D eigenvalue weighted by Crippen LogP contribution is -2.22. The van der Waals surface area contributed by atoms with Crippen molar-refractivity contribution < 1.29 is 13.5 Å². The van der Waals surface area contributed by atoms with Crippen LogP contribution >= 0.6 is 22.9 Å². The van der Waals surface area contributed by atoms with Gasteiger partial charge in [0.05, 0.1) is 10.4 Å². The van der Waals surface area contributed by atoms with Gasteiger partial charge in [-0.2, -0.15) is 8.78 Å². The zero-order chi connectivity index (χ0) is 14.5. The molecule has 1 N–H and O–H groups in total. The zero-order valence-corrected chi connectivity index (χ0v) is 12.3. The topological polar surface area (TPSA) is 21.3 Å². The Kier molecular flexibility index (Phi) is 5.34. The highest BCUT2D eigenvalue weighted by atomic mass is 35.5. The summed E-state index contributed by atoms with van der Waals surface area (Å²) in [6.07, 6.45) is 0. The summed E-state index contributed by atoms with van der Waals surface area (Å²) in [7, 11) is 0. The van der Waals surface area contributed by atoms with Crippen LogP contribution in [0.5, 0.6) is 5.75 Å². The van der Waals surface area contributed by atoms with Gasteiger partial charge in [-0.15, -0.1) is 11.3 Å². The Labute approximate surface area is 125 Å². The van der Waals surface area contributed by atoms with Gasteiger partial charge in [0.15, 0.2) is 0 Å². The van der Waals surface area contributed by atoms with Gasteiger partial charge in [0, 0.05) is 10.4 Å². The molecule has 1 unspecified atom stereocenters. The number of alkyl halides is 2. The van der Waals surface area contributed by atoms with Crippen LogP contribution in [-0.4, -0.2) is 13.2 Å². The molecule has 20 heavy (non-hydrogen) atoms. The van der Waals surface area contributed by atoms with E-state index in [0.717, 1.165) is 4.88 Å². The molecule has 1 aromatic carbocycles. The SMILES string of the molecule is CCNC(c1ccc(Cl)s1)c1ccccc1OC(F)F. The summed E-state index contributed by atoms with van der Waals surface area (Å²) < 4.78 is 30.3. The predicted octanol–water partition coefficient (Wildman–Crippen LogP) is 4.70. The van der Waals surface area contributed by atoms with Crippen molar-refractivity contribution in [1.82, 2.24) is 5.32 Å². The van der Waals surface area contributed by atoms with Gasteiger partial charge in [-0.3, -0.25) is 0 Å². The van der Waals surface area contributed by atoms with Crippen molar-refractivity contribution >= 4 is 22.9 Å². The molecule has 0 aliphatic carbocycles. The van der Waals surface area contributed by atoms with E-state index in [1.54, 1.807) is 30.3 Å².